The van der Waals surface area contributed by atoms with Gasteiger partial charge in [-0.1, -0.05) is 6.92 Å². The summed E-state index contributed by atoms with van der Waals surface area (Å²) >= 11 is 1.74. The number of halogens is 1. The van der Waals surface area contributed by atoms with E-state index < -0.39 is 0 Å². The third-order valence-electron chi connectivity index (χ3n) is 4.26. The predicted molar refractivity (Wildman–Crippen MR) is 109 cm³/mol. The van der Waals surface area contributed by atoms with Gasteiger partial charge in [0.15, 0.2) is 11.8 Å². The molecule has 0 bridgehead atoms. The maximum atomic E-state index is 4.31. The van der Waals surface area contributed by atoms with Crippen molar-refractivity contribution in [2.45, 2.75) is 45.2 Å². The Hall–Kier alpha value is -1.16. The van der Waals surface area contributed by atoms with Crippen LogP contribution in [0.5, 0.6) is 0 Å². The molecule has 3 rings (SSSR count). The standard InChI is InChI=1S/C16H24N6S.HI/c1-12(13-6-8-23-11-13)9-18-16(17-2)19-10-15-21-20-14-5-3-4-7-22(14)15;/h6,8,11-12H,3-5,7,9-10H2,1-2H3,(H2,17,18,19);1H. The van der Waals surface area contributed by atoms with Crippen LogP contribution < -0.4 is 10.6 Å². The maximum Gasteiger partial charge on any atom is 0.191 e. The summed E-state index contributed by atoms with van der Waals surface area (Å²) in [4.78, 5) is 4.29. The molecule has 1 aliphatic heterocycles. The van der Waals surface area contributed by atoms with E-state index in [1.165, 1.54) is 18.4 Å². The number of aryl methyl sites for hydroxylation is 1. The first-order valence-corrected chi connectivity index (χ1v) is 9.09. The number of thiophene rings is 1. The van der Waals surface area contributed by atoms with Gasteiger partial charge in [0, 0.05) is 26.6 Å². The normalized spacial score (nSPS) is 15.3. The molecule has 0 spiro atoms. The van der Waals surface area contributed by atoms with E-state index in [2.05, 4.69) is 54.1 Å². The molecule has 8 heteroatoms. The second-order valence-electron chi connectivity index (χ2n) is 5.91. The fourth-order valence-corrected chi connectivity index (χ4v) is 3.59. The molecule has 1 aliphatic rings. The van der Waals surface area contributed by atoms with Gasteiger partial charge in [0.2, 0.25) is 0 Å². The van der Waals surface area contributed by atoms with E-state index in [4.69, 9.17) is 0 Å². The number of nitrogens with zero attached hydrogens (tertiary/aromatic N) is 4. The Morgan fingerprint density at radius 2 is 2.25 bits per heavy atom. The zero-order valence-corrected chi connectivity index (χ0v) is 17.3. The van der Waals surface area contributed by atoms with Crippen LogP contribution in [0.3, 0.4) is 0 Å². The van der Waals surface area contributed by atoms with Crippen molar-refractivity contribution < 1.29 is 0 Å². The molecule has 0 aliphatic carbocycles. The summed E-state index contributed by atoms with van der Waals surface area (Å²) < 4.78 is 2.23. The van der Waals surface area contributed by atoms with Gasteiger partial charge in [0.25, 0.3) is 0 Å². The van der Waals surface area contributed by atoms with Crippen LogP contribution >= 0.6 is 35.3 Å². The lowest BCUT2D eigenvalue weighted by atomic mass is 10.1. The van der Waals surface area contributed by atoms with E-state index in [-0.39, 0.29) is 24.0 Å². The van der Waals surface area contributed by atoms with Crippen molar-refractivity contribution in [3.05, 3.63) is 34.0 Å². The number of rotatable bonds is 5. The molecule has 132 valence electrons. The molecule has 24 heavy (non-hydrogen) atoms. The highest BCUT2D eigenvalue weighted by atomic mass is 127. The average Bonchev–Trinajstić information content (AvgIpc) is 3.25. The molecule has 0 aromatic carbocycles. The number of guanidine groups is 1. The molecule has 0 amide bonds. The zero-order valence-electron chi connectivity index (χ0n) is 14.2. The smallest absolute Gasteiger partial charge is 0.191 e. The summed E-state index contributed by atoms with van der Waals surface area (Å²) in [5.41, 5.74) is 1.37. The number of aliphatic imine (C=N–C) groups is 1. The summed E-state index contributed by atoms with van der Waals surface area (Å²) in [7, 11) is 1.80. The lowest BCUT2D eigenvalue weighted by molar-refractivity contribution is 0.504. The fourth-order valence-electron chi connectivity index (χ4n) is 2.81. The average molecular weight is 460 g/mol. The minimum absolute atomic E-state index is 0. The molecular weight excluding hydrogens is 435 g/mol. The van der Waals surface area contributed by atoms with Crippen LogP contribution in [0.1, 0.15) is 42.9 Å². The summed E-state index contributed by atoms with van der Waals surface area (Å²) in [6, 6.07) is 2.18. The van der Waals surface area contributed by atoms with Crippen molar-refractivity contribution in [2.24, 2.45) is 4.99 Å². The Balaban J connectivity index is 0.00000208. The Bertz CT molecular complexity index is 652. The highest BCUT2D eigenvalue weighted by Gasteiger charge is 2.15. The van der Waals surface area contributed by atoms with Crippen LogP contribution in [0.25, 0.3) is 0 Å². The van der Waals surface area contributed by atoms with Gasteiger partial charge in [-0.15, -0.1) is 34.2 Å². The molecule has 1 unspecified atom stereocenters. The Labute approximate surface area is 164 Å². The molecule has 2 aromatic heterocycles. The van der Waals surface area contributed by atoms with Crippen molar-refractivity contribution in [3.8, 4) is 0 Å². The Morgan fingerprint density at radius 1 is 1.38 bits per heavy atom. The number of hydrogen-bond donors (Lipinski definition) is 2. The van der Waals surface area contributed by atoms with Crippen molar-refractivity contribution >= 4 is 41.3 Å². The van der Waals surface area contributed by atoms with Gasteiger partial charge in [-0.2, -0.15) is 11.3 Å². The minimum Gasteiger partial charge on any atom is -0.356 e. The maximum absolute atomic E-state index is 4.31. The second-order valence-corrected chi connectivity index (χ2v) is 6.69. The second kappa shape index (κ2) is 9.36. The summed E-state index contributed by atoms with van der Waals surface area (Å²) in [5, 5.41) is 19.6. The minimum atomic E-state index is 0. The van der Waals surface area contributed by atoms with Crippen molar-refractivity contribution in [3.63, 3.8) is 0 Å². The first-order valence-electron chi connectivity index (χ1n) is 8.15. The van der Waals surface area contributed by atoms with E-state index in [1.54, 1.807) is 18.4 Å². The van der Waals surface area contributed by atoms with E-state index >= 15 is 0 Å². The van der Waals surface area contributed by atoms with Crippen LogP contribution in [-0.2, 0) is 19.5 Å². The Morgan fingerprint density at radius 3 is 3.00 bits per heavy atom. The topological polar surface area (TPSA) is 67.1 Å². The zero-order chi connectivity index (χ0) is 16.1. The van der Waals surface area contributed by atoms with Gasteiger partial charge in [0.1, 0.15) is 5.82 Å². The molecule has 0 radical (unpaired) electrons. The van der Waals surface area contributed by atoms with E-state index in [0.717, 1.165) is 37.1 Å². The molecule has 1 atom stereocenters. The predicted octanol–water partition coefficient (Wildman–Crippen LogP) is 2.76. The van der Waals surface area contributed by atoms with E-state index in [0.29, 0.717) is 12.5 Å². The van der Waals surface area contributed by atoms with Crippen molar-refractivity contribution in [1.82, 2.24) is 25.4 Å². The molecule has 2 N–H and O–H groups in total. The Kier molecular flexibility index (Phi) is 7.47. The van der Waals surface area contributed by atoms with Gasteiger partial charge in [-0.25, -0.2) is 0 Å². The number of fused-ring (bicyclic) bond motifs is 1. The molecule has 0 saturated heterocycles. The van der Waals surface area contributed by atoms with Gasteiger partial charge in [0.05, 0.1) is 6.54 Å². The van der Waals surface area contributed by atoms with Gasteiger partial charge < -0.3 is 15.2 Å². The first kappa shape index (κ1) is 19.2. The third kappa shape index (κ3) is 4.69. The molecule has 0 fully saturated rings. The summed E-state index contributed by atoms with van der Waals surface area (Å²) in [5.74, 6) is 3.37. The number of hydrogen-bond acceptors (Lipinski definition) is 4. The molecule has 0 saturated carbocycles. The largest absolute Gasteiger partial charge is 0.356 e. The SMILES string of the molecule is CN=C(NCc1nnc2n1CCCC2)NCC(C)c1ccsc1.I. The van der Waals surface area contributed by atoms with Crippen LogP contribution in [0.15, 0.2) is 21.8 Å². The van der Waals surface area contributed by atoms with Crippen LogP contribution in [-0.4, -0.2) is 34.3 Å². The highest BCUT2D eigenvalue weighted by Crippen LogP contribution is 2.17. The highest BCUT2D eigenvalue weighted by molar-refractivity contribution is 14.0. The summed E-state index contributed by atoms with van der Waals surface area (Å²) in [6.07, 6.45) is 3.47. The lowest BCUT2D eigenvalue weighted by Gasteiger charge is -2.17. The number of nitrogens with one attached hydrogen (secondary N) is 2. The number of aromatic nitrogens is 3. The van der Waals surface area contributed by atoms with E-state index in [1.807, 2.05) is 0 Å². The lowest BCUT2D eigenvalue weighted by Crippen LogP contribution is -2.39. The summed E-state index contributed by atoms with van der Waals surface area (Å²) in [6.45, 7) is 4.76. The third-order valence-corrected chi connectivity index (χ3v) is 4.96. The van der Waals surface area contributed by atoms with Crippen LogP contribution in [0, 0.1) is 0 Å². The molecule has 3 heterocycles. The first-order chi connectivity index (χ1) is 11.3. The fraction of sp³-hybridized carbons (Fsp3) is 0.562. The van der Waals surface area contributed by atoms with Crippen LogP contribution in [0.2, 0.25) is 0 Å². The van der Waals surface area contributed by atoms with Gasteiger partial charge in [-0.3, -0.25) is 4.99 Å². The van der Waals surface area contributed by atoms with E-state index in [9.17, 15) is 0 Å². The monoisotopic (exact) mass is 460 g/mol. The molecule has 2 aromatic rings. The molecular formula is C16H25IN6S. The van der Waals surface area contributed by atoms with Gasteiger partial charge in [-0.05, 0) is 41.1 Å². The van der Waals surface area contributed by atoms with Crippen molar-refractivity contribution in [1.29, 1.82) is 0 Å². The van der Waals surface area contributed by atoms with Crippen molar-refractivity contribution in [2.75, 3.05) is 13.6 Å². The molecule has 6 nitrogen and oxygen atoms in total. The van der Waals surface area contributed by atoms with Crippen LogP contribution in [0.4, 0.5) is 0 Å². The quantitative estimate of drug-likeness (QED) is 0.409. The van der Waals surface area contributed by atoms with Gasteiger partial charge >= 0.3 is 0 Å².